The summed E-state index contributed by atoms with van der Waals surface area (Å²) in [6.45, 7) is 3.79. The minimum absolute atomic E-state index is 0.272. The second-order valence-electron chi connectivity index (χ2n) is 4.33. The number of para-hydroxylation sites is 1. The molecule has 2 rings (SSSR count). The van der Waals surface area contributed by atoms with Crippen molar-refractivity contribution in [3.05, 3.63) is 35.5 Å². The molecule has 0 aliphatic heterocycles. The lowest BCUT2D eigenvalue weighted by Crippen LogP contribution is -1.93. The van der Waals surface area contributed by atoms with Crippen molar-refractivity contribution in [3.8, 4) is 0 Å². The molecule has 0 aliphatic rings. The van der Waals surface area contributed by atoms with Crippen molar-refractivity contribution in [2.75, 3.05) is 0 Å². The maximum Gasteiger partial charge on any atom is 0.129 e. The molecular weight excluding hydrogens is 198 g/mol. The molecule has 0 unspecified atom stereocenters. The van der Waals surface area contributed by atoms with Crippen molar-refractivity contribution in [3.63, 3.8) is 0 Å². The number of carbonyl (C=O) groups excluding carboxylic acids is 1. The number of hydrogen-bond acceptors (Lipinski definition) is 1. The quantitative estimate of drug-likeness (QED) is 0.833. The van der Waals surface area contributed by atoms with Gasteiger partial charge in [0.2, 0.25) is 0 Å². The number of aromatic nitrogens is 1. The van der Waals surface area contributed by atoms with Crippen LogP contribution in [0.2, 0.25) is 0 Å². The number of fused-ring (bicyclic) bond motifs is 1. The summed E-state index contributed by atoms with van der Waals surface area (Å²) >= 11 is 0. The molecule has 16 heavy (non-hydrogen) atoms. The van der Waals surface area contributed by atoms with E-state index in [2.05, 4.69) is 30.1 Å². The smallest absolute Gasteiger partial charge is 0.129 e. The average molecular weight is 215 g/mol. The van der Waals surface area contributed by atoms with Crippen LogP contribution in [0.4, 0.5) is 0 Å². The fourth-order valence-corrected chi connectivity index (χ4v) is 2.10. The average Bonchev–Trinajstić information content (AvgIpc) is 2.56. The standard InChI is InChI=1S/C14H17NO/c1-10(16)6-5-9-13-11(2)12-7-3-4-8-14(12)15-13/h3-4,7-8,15H,5-6,9H2,1-2H3. The van der Waals surface area contributed by atoms with Crippen LogP contribution in [0.5, 0.6) is 0 Å². The summed E-state index contributed by atoms with van der Waals surface area (Å²) in [6.07, 6.45) is 2.57. The zero-order valence-electron chi connectivity index (χ0n) is 9.84. The first-order valence-electron chi connectivity index (χ1n) is 5.74. The summed E-state index contributed by atoms with van der Waals surface area (Å²) in [5.74, 6) is 0.272. The lowest BCUT2D eigenvalue weighted by atomic mass is 10.1. The van der Waals surface area contributed by atoms with E-state index in [4.69, 9.17) is 0 Å². The molecule has 0 spiro atoms. The highest BCUT2D eigenvalue weighted by Crippen LogP contribution is 2.22. The third-order valence-electron chi connectivity index (χ3n) is 3.02. The number of carbonyl (C=O) groups is 1. The van der Waals surface area contributed by atoms with Crippen LogP contribution in [0.3, 0.4) is 0 Å². The lowest BCUT2D eigenvalue weighted by Gasteiger charge is -1.98. The molecule has 1 heterocycles. The van der Waals surface area contributed by atoms with E-state index in [0.717, 1.165) is 12.8 Å². The van der Waals surface area contributed by atoms with Gasteiger partial charge in [-0.05, 0) is 38.3 Å². The molecule has 0 aliphatic carbocycles. The van der Waals surface area contributed by atoms with Gasteiger partial charge >= 0.3 is 0 Å². The van der Waals surface area contributed by atoms with E-state index < -0.39 is 0 Å². The molecule has 2 heteroatoms. The first-order chi connectivity index (χ1) is 7.68. The second-order valence-corrected chi connectivity index (χ2v) is 4.33. The van der Waals surface area contributed by atoms with Crippen LogP contribution in [0, 0.1) is 6.92 Å². The molecule has 0 atom stereocenters. The molecule has 0 saturated heterocycles. The van der Waals surface area contributed by atoms with Crippen LogP contribution in [-0.4, -0.2) is 10.8 Å². The van der Waals surface area contributed by atoms with Gasteiger partial charge in [0.05, 0.1) is 0 Å². The van der Waals surface area contributed by atoms with Crippen molar-refractivity contribution in [1.29, 1.82) is 0 Å². The number of aryl methyl sites for hydroxylation is 2. The zero-order valence-corrected chi connectivity index (χ0v) is 9.84. The number of hydrogen-bond donors (Lipinski definition) is 1. The first-order valence-corrected chi connectivity index (χ1v) is 5.74. The highest BCUT2D eigenvalue weighted by Gasteiger charge is 2.06. The Balaban J connectivity index is 2.18. The number of H-pyrrole nitrogens is 1. The van der Waals surface area contributed by atoms with Gasteiger partial charge in [0, 0.05) is 23.0 Å². The van der Waals surface area contributed by atoms with Gasteiger partial charge < -0.3 is 9.78 Å². The molecule has 1 aromatic heterocycles. The van der Waals surface area contributed by atoms with Crippen LogP contribution in [0.15, 0.2) is 24.3 Å². The van der Waals surface area contributed by atoms with Crippen LogP contribution in [0.1, 0.15) is 31.0 Å². The highest BCUT2D eigenvalue weighted by molar-refractivity contribution is 5.84. The van der Waals surface area contributed by atoms with Crippen LogP contribution >= 0.6 is 0 Å². The predicted molar refractivity (Wildman–Crippen MR) is 66.7 cm³/mol. The van der Waals surface area contributed by atoms with E-state index in [-0.39, 0.29) is 5.78 Å². The first kappa shape index (κ1) is 10.9. The second kappa shape index (κ2) is 4.52. The fraction of sp³-hybridized carbons (Fsp3) is 0.357. The monoisotopic (exact) mass is 215 g/mol. The van der Waals surface area contributed by atoms with Crippen molar-refractivity contribution >= 4 is 16.7 Å². The van der Waals surface area contributed by atoms with Crippen molar-refractivity contribution in [2.45, 2.75) is 33.1 Å². The van der Waals surface area contributed by atoms with Crippen molar-refractivity contribution in [2.24, 2.45) is 0 Å². The number of Topliss-reactive ketones (excluding diaryl/α,β-unsaturated/α-hetero) is 1. The topological polar surface area (TPSA) is 32.9 Å². The van der Waals surface area contributed by atoms with Crippen LogP contribution in [0.25, 0.3) is 10.9 Å². The van der Waals surface area contributed by atoms with Crippen molar-refractivity contribution < 1.29 is 4.79 Å². The maximum atomic E-state index is 10.9. The molecule has 0 bridgehead atoms. The normalized spacial score (nSPS) is 10.9. The molecule has 1 aromatic carbocycles. The van der Waals surface area contributed by atoms with E-state index in [1.807, 2.05) is 6.07 Å². The van der Waals surface area contributed by atoms with Crippen molar-refractivity contribution in [1.82, 2.24) is 4.98 Å². The van der Waals surface area contributed by atoms with E-state index in [0.29, 0.717) is 6.42 Å². The molecule has 1 N–H and O–H groups in total. The van der Waals surface area contributed by atoms with Crippen LogP contribution < -0.4 is 0 Å². The van der Waals surface area contributed by atoms with Gasteiger partial charge in [-0.1, -0.05) is 18.2 Å². The number of rotatable bonds is 4. The third kappa shape index (κ3) is 2.16. The molecular formula is C14H17NO. The third-order valence-corrected chi connectivity index (χ3v) is 3.02. The summed E-state index contributed by atoms with van der Waals surface area (Å²) in [5.41, 5.74) is 3.78. The SMILES string of the molecule is CC(=O)CCCc1[nH]c2ccccc2c1C. The minimum Gasteiger partial charge on any atom is -0.358 e. The van der Waals surface area contributed by atoms with E-state index in [1.165, 1.54) is 22.2 Å². The summed E-state index contributed by atoms with van der Waals surface area (Å²) < 4.78 is 0. The van der Waals surface area contributed by atoms with Gasteiger partial charge in [-0.15, -0.1) is 0 Å². The summed E-state index contributed by atoms with van der Waals surface area (Å²) in [4.78, 5) is 14.3. The largest absolute Gasteiger partial charge is 0.358 e. The molecule has 0 radical (unpaired) electrons. The number of ketones is 1. The molecule has 84 valence electrons. The van der Waals surface area contributed by atoms with Crippen LogP contribution in [-0.2, 0) is 11.2 Å². The molecule has 0 fully saturated rings. The van der Waals surface area contributed by atoms with Gasteiger partial charge in [0.1, 0.15) is 5.78 Å². The lowest BCUT2D eigenvalue weighted by molar-refractivity contribution is -0.117. The summed E-state index contributed by atoms with van der Waals surface area (Å²) in [7, 11) is 0. The van der Waals surface area contributed by atoms with Gasteiger partial charge in [0.15, 0.2) is 0 Å². The number of aromatic amines is 1. The fourth-order valence-electron chi connectivity index (χ4n) is 2.10. The Kier molecular flexibility index (Phi) is 3.09. The van der Waals surface area contributed by atoms with E-state index >= 15 is 0 Å². The number of benzene rings is 1. The Labute approximate surface area is 95.7 Å². The Morgan fingerprint density at radius 3 is 2.75 bits per heavy atom. The van der Waals surface area contributed by atoms with Gasteiger partial charge in [-0.25, -0.2) is 0 Å². The highest BCUT2D eigenvalue weighted by atomic mass is 16.1. The minimum atomic E-state index is 0.272. The zero-order chi connectivity index (χ0) is 11.5. The molecule has 0 amide bonds. The number of nitrogens with one attached hydrogen (secondary N) is 1. The van der Waals surface area contributed by atoms with E-state index in [1.54, 1.807) is 6.92 Å². The molecule has 0 saturated carbocycles. The van der Waals surface area contributed by atoms with Gasteiger partial charge in [-0.3, -0.25) is 0 Å². The predicted octanol–water partition coefficient (Wildman–Crippen LogP) is 3.39. The Bertz CT molecular complexity index is 510. The summed E-state index contributed by atoms with van der Waals surface area (Å²) in [6, 6.07) is 8.33. The summed E-state index contributed by atoms with van der Waals surface area (Å²) in [5, 5.41) is 1.29. The Hall–Kier alpha value is -1.57. The van der Waals surface area contributed by atoms with Gasteiger partial charge in [-0.2, -0.15) is 0 Å². The van der Waals surface area contributed by atoms with E-state index in [9.17, 15) is 4.79 Å². The molecule has 2 aromatic rings. The maximum absolute atomic E-state index is 10.9. The Morgan fingerprint density at radius 2 is 2.06 bits per heavy atom. The van der Waals surface area contributed by atoms with Gasteiger partial charge in [0.25, 0.3) is 0 Å². The molecule has 2 nitrogen and oxygen atoms in total. The Morgan fingerprint density at radius 1 is 1.31 bits per heavy atom.